The summed E-state index contributed by atoms with van der Waals surface area (Å²) < 4.78 is 17.4. The molecule has 1 amide bonds. The Balaban J connectivity index is 1.44. The van der Waals surface area contributed by atoms with Crippen LogP contribution in [0, 0.1) is 0 Å². The van der Waals surface area contributed by atoms with Gasteiger partial charge >= 0.3 is 0 Å². The average Bonchev–Trinajstić information content (AvgIpc) is 3.16. The molecule has 0 saturated carbocycles. The number of hydrogen-bond donors (Lipinski definition) is 0. The second-order valence-electron chi connectivity index (χ2n) is 6.92. The molecular weight excluding hydrogens is 401 g/mol. The third-order valence-corrected chi connectivity index (χ3v) is 5.73. The standard InChI is InChI=1S/C21H21Cl2NO4/c22-16-6-5-15(18(23)13-16)14-26-19-4-2-1-3-17(19)20(25)24-9-7-21(8-10-24)27-11-12-28-21/h1-6,13H,7-12,14H2. The van der Waals surface area contributed by atoms with Crippen molar-refractivity contribution < 1.29 is 19.0 Å². The molecule has 148 valence electrons. The van der Waals surface area contributed by atoms with E-state index in [0.29, 0.717) is 60.5 Å². The molecule has 2 fully saturated rings. The van der Waals surface area contributed by atoms with Crippen molar-refractivity contribution in [2.75, 3.05) is 26.3 Å². The SMILES string of the molecule is O=C(c1ccccc1OCc1ccc(Cl)cc1Cl)N1CCC2(CC1)OCCO2. The lowest BCUT2D eigenvalue weighted by Gasteiger charge is -2.37. The molecule has 2 heterocycles. The van der Waals surface area contributed by atoms with Crippen molar-refractivity contribution >= 4 is 29.1 Å². The number of carbonyl (C=O) groups is 1. The van der Waals surface area contributed by atoms with E-state index in [1.807, 2.05) is 23.1 Å². The van der Waals surface area contributed by atoms with Crippen LogP contribution in [0.4, 0.5) is 0 Å². The van der Waals surface area contributed by atoms with Crippen molar-refractivity contribution in [3.63, 3.8) is 0 Å². The fourth-order valence-corrected chi connectivity index (χ4v) is 4.03. The van der Waals surface area contributed by atoms with E-state index in [-0.39, 0.29) is 12.5 Å². The molecule has 0 atom stereocenters. The average molecular weight is 422 g/mol. The van der Waals surface area contributed by atoms with E-state index in [4.69, 9.17) is 37.4 Å². The molecule has 0 radical (unpaired) electrons. The summed E-state index contributed by atoms with van der Waals surface area (Å²) in [6.07, 6.45) is 1.37. The highest BCUT2D eigenvalue weighted by Crippen LogP contribution is 2.32. The predicted octanol–water partition coefficient (Wildman–Crippen LogP) is 4.55. The molecule has 0 N–H and O–H groups in total. The zero-order valence-electron chi connectivity index (χ0n) is 15.3. The van der Waals surface area contributed by atoms with Crippen LogP contribution in [0.2, 0.25) is 10.0 Å². The number of ether oxygens (including phenoxy) is 3. The Kier molecular flexibility index (Phi) is 5.78. The first-order chi connectivity index (χ1) is 13.6. The highest BCUT2D eigenvalue weighted by atomic mass is 35.5. The van der Waals surface area contributed by atoms with Gasteiger partial charge in [0, 0.05) is 41.5 Å². The molecule has 4 rings (SSSR count). The van der Waals surface area contributed by atoms with E-state index < -0.39 is 5.79 Å². The predicted molar refractivity (Wildman–Crippen MR) is 107 cm³/mol. The Morgan fingerprint density at radius 1 is 1.07 bits per heavy atom. The zero-order chi connectivity index (χ0) is 19.6. The Hall–Kier alpha value is -1.79. The van der Waals surface area contributed by atoms with Crippen molar-refractivity contribution in [1.82, 2.24) is 4.90 Å². The van der Waals surface area contributed by atoms with Gasteiger partial charge in [-0.25, -0.2) is 0 Å². The van der Waals surface area contributed by atoms with Crippen LogP contribution < -0.4 is 4.74 Å². The Labute approximate surface area is 174 Å². The van der Waals surface area contributed by atoms with E-state index in [1.165, 1.54) is 0 Å². The molecule has 2 saturated heterocycles. The maximum absolute atomic E-state index is 13.1. The van der Waals surface area contributed by atoms with Crippen LogP contribution in [-0.4, -0.2) is 42.9 Å². The fraction of sp³-hybridized carbons (Fsp3) is 0.381. The summed E-state index contributed by atoms with van der Waals surface area (Å²) >= 11 is 12.2. The number of carbonyl (C=O) groups excluding carboxylic acids is 1. The normalized spacial score (nSPS) is 18.4. The minimum Gasteiger partial charge on any atom is -0.488 e. The maximum Gasteiger partial charge on any atom is 0.257 e. The number of benzene rings is 2. The van der Waals surface area contributed by atoms with E-state index in [1.54, 1.807) is 24.3 Å². The van der Waals surface area contributed by atoms with Crippen LogP contribution >= 0.6 is 23.2 Å². The first-order valence-corrected chi connectivity index (χ1v) is 10.0. The van der Waals surface area contributed by atoms with Gasteiger partial charge in [-0.3, -0.25) is 4.79 Å². The molecular formula is C21H21Cl2NO4. The van der Waals surface area contributed by atoms with Gasteiger partial charge in [-0.15, -0.1) is 0 Å². The third kappa shape index (κ3) is 4.13. The second-order valence-corrected chi connectivity index (χ2v) is 7.76. The fourth-order valence-electron chi connectivity index (χ4n) is 3.57. The third-order valence-electron chi connectivity index (χ3n) is 5.14. The number of nitrogens with zero attached hydrogens (tertiary/aromatic N) is 1. The topological polar surface area (TPSA) is 48.0 Å². The van der Waals surface area contributed by atoms with E-state index in [0.717, 1.165) is 5.56 Å². The zero-order valence-corrected chi connectivity index (χ0v) is 16.8. The molecule has 28 heavy (non-hydrogen) atoms. The van der Waals surface area contributed by atoms with Crippen molar-refractivity contribution in [1.29, 1.82) is 0 Å². The lowest BCUT2D eigenvalue weighted by molar-refractivity contribution is -0.181. The molecule has 7 heteroatoms. The smallest absolute Gasteiger partial charge is 0.257 e. The van der Waals surface area contributed by atoms with Crippen molar-refractivity contribution in [3.05, 3.63) is 63.6 Å². The quantitative estimate of drug-likeness (QED) is 0.726. The number of halogens is 2. The van der Waals surface area contributed by atoms with Crippen molar-refractivity contribution in [3.8, 4) is 5.75 Å². The van der Waals surface area contributed by atoms with E-state index >= 15 is 0 Å². The summed E-state index contributed by atoms with van der Waals surface area (Å²) in [7, 11) is 0. The van der Waals surface area contributed by atoms with Crippen molar-refractivity contribution in [2.45, 2.75) is 25.2 Å². The summed E-state index contributed by atoms with van der Waals surface area (Å²) in [6.45, 7) is 2.69. The van der Waals surface area contributed by atoms with Crippen LogP contribution in [0.3, 0.4) is 0 Å². The van der Waals surface area contributed by atoms with Gasteiger partial charge in [0.1, 0.15) is 12.4 Å². The van der Waals surface area contributed by atoms with Gasteiger partial charge in [0.25, 0.3) is 5.91 Å². The number of likely N-dealkylation sites (tertiary alicyclic amines) is 1. The minimum atomic E-state index is -0.502. The molecule has 0 aromatic heterocycles. The number of rotatable bonds is 4. The van der Waals surface area contributed by atoms with E-state index in [2.05, 4.69) is 0 Å². The van der Waals surface area contributed by atoms with E-state index in [9.17, 15) is 4.79 Å². The summed E-state index contributed by atoms with van der Waals surface area (Å²) in [5.74, 6) is -0.0178. The van der Waals surface area contributed by atoms with Gasteiger partial charge in [0.2, 0.25) is 0 Å². The minimum absolute atomic E-state index is 0.0503. The molecule has 2 aromatic rings. The highest BCUT2D eigenvalue weighted by Gasteiger charge is 2.41. The highest BCUT2D eigenvalue weighted by molar-refractivity contribution is 6.35. The lowest BCUT2D eigenvalue weighted by atomic mass is 10.0. The van der Waals surface area contributed by atoms with Crippen molar-refractivity contribution in [2.24, 2.45) is 0 Å². The van der Waals surface area contributed by atoms with Gasteiger partial charge in [-0.1, -0.05) is 41.4 Å². The second kappa shape index (κ2) is 8.29. The van der Waals surface area contributed by atoms with Crippen LogP contribution in [0.25, 0.3) is 0 Å². The van der Waals surface area contributed by atoms with Crippen LogP contribution in [0.15, 0.2) is 42.5 Å². The van der Waals surface area contributed by atoms with Gasteiger partial charge < -0.3 is 19.1 Å². The number of amides is 1. The largest absolute Gasteiger partial charge is 0.488 e. The van der Waals surface area contributed by atoms with Gasteiger partial charge in [-0.2, -0.15) is 0 Å². The Morgan fingerprint density at radius 2 is 1.79 bits per heavy atom. The van der Waals surface area contributed by atoms with Crippen LogP contribution in [0.1, 0.15) is 28.8 Å². The van der Waals surface area contributed by atoms with Gasteiger partial charge in [0.05, 0.1) is 18.8 Å². The van der Waals surface area contributed by atoms with Crippen LogP contribution in [0.5, 0.6) is 5.75 Å². The maximum atomic E-state index is 13.1. The lowest BCUT2D eigenvalue weighted by Crippen LogP contribution is -2.47. The molecule has 2 aliphatic heterocycles. The summed E-state index contributed by atoms with van der Waals surface area (Å²) in [4.78, 5) is 14.9. The summed E-state index contributed by atoms with van der Waals surface area (Å²) in [6, 6.07) is 12.5. The number of piperidine rings is 1. The first kappa shape index (κ1) is 19.5. The molecule has 2 aliphatic rings. The Morgan fingerprint density at radius 3 is 2.50 bits per heavy atom. The van der Waals surface area contributed by atoms with Crippen LogP contribution in [-0.2, 0) is 16.1 Å². The molecule has 1 spiro atoms. The molecule has 0 unspecified atom stereocenters. The Bertz CT molecular complexity index is 857. The first-order valence-electron chi connectivity index (χ1n) is 9.29. The van der Waals surface area contributed by atoms with Gasteiger partial charge in [0.15, 0.2) is 5.79 Å². The monoisotopic (exact) mass is 421 g/mol. The molecule has 2 aromatic carbocycles. The number of hydrogen-bond acceptors (Lipinski definition) is 4. The van der Waals surface area contributed by atoms with Gasteiger partial charge in [-0.05, 0) is 24.3 Å². The summed E-state index contributed by atoms with van der Waals surface area (Å²) in [5, 5.41) is 1.11. The summed E-state index contributed by atoms with van der Waals surface area (Å²) in [5.41, 5.74) is 1.35. The molecule has 0 bridgehead atoms. The molecule has 5 nitrogen and oxygen atoms in total. The molecule has 0 aliphatic carbocycles. The number of para-hydroxylation sites is 1.